The van der Waals surface area contributed by atoms with E-state index in [1.807, 2.05) is 48.0 Å². The van der Waals surface area contributed by atoms with Crippen LogP contribution in [0.15, 0.2) is 64.3 Å². The zero-order valence-corrected chi connectivity index (χ0v) is 24.5. The first-order chi connectivity index (χ1) is 19.8. The summed E-state index contributed by atoms with van der Waals surface area (Å²) in [6, 6.07) is 13.2. The molecular weight excluding hydrogens is 562 g/mol. The third-order valence-corrected chi connectivity index (χ3v) is 8.24. The Kier molecular flexibility index (Phi) is 8.18. The van der Waals surface area contributed by atoms with E-state index in [2.05, 4.69) is 10.3 Å². The standard InChI is InChI=1S/C30H27N3O6S2/c1-5-39-30(36)26-20(18-8-6-17(2)7-9-18)14-41-28(26)32-24(34)13-33-16-31-27-25(29(33)35)21(15-40-27)19-10-11-22(37-3)23(12-19)38-4/h6-12,14-16H,5,13H2,1-4H3,(H,32,34). The zero-order chi connectivity index (χ0) is 29.1. The largest absolute Gasteiger partial charge is 0.493 e. The van der Waals surface area contributed by atoms with Crippen molar-refractivity contribution in [3.8, 4) is 33.8 Å². The Bertz CT molecular complexity index is 1800. The predicted octanol–water partition coefficient (Wildman–Crippen LogP) is 5.99. The fourth-order valence-electron chi connectivity index (χ4n) is 4.42. The van der Waals surface area contributed by atoms with E-state index in [1.54, 1.807) is 33.3 Å². The number of carbonyl (C=O) groups is 2. The van der Waals surface area contributed by atoms with Crippen molar-refractivity contribution in [1.82, 2.24) is 9.55 Å². The van der Waals surface area contributed by atoms with Crippen LogP contribution in [0, 0.1) is 6.92 Å². The van der Waals surface area contributed by atoms with Crippen LogP contribution in [0.1, 0.15) is 22.8 Å². The molecule has 1 N–H and O–H groups in total. The van der Waals surface area contributed by atoms with Crippen LogP contribution in [0.2, 0.25) is 0 Å². The molecule has 5 rings (SSSR count). The van der Waals surface area contributed by atoms with Crippen LogP contribution in [0.3, 0.4) is 0 Å². The normalized spacial score (nSPS) is 10.9. The highest BCUT2D eigenvalue weighted by Gasteiger charge is 2.23. The number of anilines is 1. The van der Waals surface area contributed by atoms with Crippen molar-refractivity contribution in [2.75, 3.05) is 26.1 Å². The van der Waals surface area contributed by atoms with Crippen LogP contribution in [-0.2, 0) is 16.1 Å². The predicted molar refractivity (Wildman–Crippen MR) is 161 cm³/mol. The minimum Gasteiger partial charge on any atom is -0.493 e. The summed E-state index contributed by atoms with van der Waals surface area (Å²) in [4.78, 5) is 44.6. The first kappa shape index (κ1) is 28.1. The number of benzene rings is 2. The van der Waals surface area contributed by atoms with Crippen LogP contribution in [-0.4, -0.2) is 42.3 Å². The number of nitrogens with one attached hydrogen (secondary N) is 1. The number of aromatic nitrogens is 2. The Labute approximate surface area is 244 Å². The molecule has 0 radical (unpaired) electrons. The summed E-state index contributed by atoms with van der Waals surface area (Å²) in [6.45, 7) is 3.61. The first-order valence-electron chi connectivity index (χ1n) is 12.7. The second kappa shape index (κ2) is 11.9. The molecule has 0 saturated heterocycles. The quantitative estimate of drug-likeness (QED) is 0.210. The molecule has 3 aromatic heterocycles. The molecule has 5 aromatic rings. The average Bonchev–Trinajstić information content (AvgIpc) is 3.60. The van der Waals surface area contributed by atoms with Crippen molar-refractivity contribution in [2.24, 2.45) is 0 Å². The molecule has 3 heterocycles. The lowest BCUT2D eigenvalue weighted by molar-refractivity contribution is -0.116. The van der Waals surface area contributed by atoms with E-state index in [4.69, 9.17) is 14.2 Å². The molecular formula is C30H27N3O6S2. The zero-order valence-electron chi connectivity index (χ0n) is 22.8. The monoisotopic (exact) mass is 589 g/mol. The molecule has 0 aliphatic rings. The number of esters is 1. The molecule has 0 unspecified atom stereocenters. The highest BCUT2D eigenvalue weighted by Crippen LogP contribution is 2.38. The van der Waals surface area contributed by atoms with E-state index in [0.29, 0.717) is 37.8 Å². The van der Waals surface area contributed by atoms with Gasteiger partial charge in [-0.25, -0.2) is 9.78 Å². The van der Waals surface area contributed by atoms with E-state index < -0.39 is 11.9 Å². The van der Waals surface area contributed by atoms with Gasteiger partial charge in [0.1, 0.15) is 21.9 Å². The SMILES string of the molecule is CCOC(=O)c1c(-c2ccc(C)cc2)csc1NC(=O)Cn1cnc2scc(-c3ccc(OC)c(OC)c3)c2c1=O. The molecule has 2 aromatic carbocycles. The van der Waals surface area contributed by atoms with Crippen LogP contribution >= 0.6 is 22.7 Å². The maximum absolute atomic E-state index is 13.5. The van der Waals surface area contributed by atoms with E-state index >= 15 is 0 Å². The molecule has 41 heavy (non-hydrogen) atoms. The Morgan fingerprint density at radius 3 is 2.37 bits per heavy atom. The van der Waals surface area contributed by atoms with Gasteiger partial charge >= 0.3 is 5.97 Å². The molecule has 0 aliphatic heterocycles. The Morgan fingerprint density at radius 2 is 1.66 bits per heavy atom. The lowest BCUT2D eigenvalue weighted by atomic mass is 10.0. The molecule has 0 spiro atoms. The third kappa shape index (κ3) is 5.59. The highest BCUT2D eigenvalue weighted by atomic mass is 32.1. The van der Waals surface area contributed by atoms with Crippen LogP contribution < -0.4 is 20.3 Å². The topological polar surface area (TPSA) is 109 Å². The number of methoxy groups -OCH3 is 2. The van der Waals surface area contributed by atoms with Gasteiger partial charge in [-0.15, -0.1) is 22.7 Å². The molecule has 210 valence electrons. The van der Waals surface area contributed by atoms with Gasteiger partial charge in [0, 0.05) is 21.9 Å². The number of ether oxygens (including phenoxy) is 3. The van der Waals surface area contributed by atoms with Gasteiger partial charge < -0.3 is 19.5 Å². The van der Waals surface area contributed by atoms with E-state index in [0.717, 1.165) is 16.7 Å². The highest BCUT2D eigenvalue weighted by molar-refractivity contribution is 7.17. The number of amides is 1. The first-order valence-corrected chi connectivity index (χ1v) is 14.4. The molecule has 1 amide bonds. The van der Waals surface area contributed by atoms with Crippen molar-refractivity contribution < 1.29 is 23.8 Å². The van der Waals surface area contributed by atoms with Gasteiger partial charge in [0.15, 0.2) is 11.5 Å². The summed E-state index contributed by atoms with van der Waals surface area (Å²) in [5.74, 6) is 0.104. The summed E-state index contributed by atoms with van der Waals surface area (Å²) in [5, 5.41) is 7.23. The maximum Gasteiger partial charge on any atom is 0.341 e. The molecule has 0 saturated carbocycles. The second-order valence-electron chi connectivity index (χ2n) is 9.07. The second-order valence-corrected chi connectivity index (χ2v) is 10.8. The third-order valence-electron chi connectivity index (χ3n) is 6.46. The summed E-state index contributed by atoms with van der Waals surface area (Å²) < 4.78 is 17.3. The van der Waals surface area contributed by atoms with Crippen molar-refractivity contribution >= 4 is 49.8 Å². The molecule has 11 heteroatoms. The average molecular weight is 590 g/mol. The fraction of sp³-hybridized carbons (Fsp3) is 0.200. The minimum atomic E-state index is -0.530. The number of hydrogen-bond donors (Lipinski definition) is 1. The van der Waals surface area contributed by atoms with Crippen LogP contribution in [0.4, 0.5) is 5.00 Å². The number of carbonyl (C=O) groups excluding carboxylic acids is 2. The molecule has 0 aliphatic carbocycles. The Morgan fingerprint density at radius 1 is 0.951 bits per heavy atom. The van der Waals surface area contributed by atoms with E-state index in [1.165, 1.54) is 33.6 Å². The lowest BCUT2D eigenvalue weighted by Gasteiger charge is -2.11. The smallest absolute Gasteiger partial charge is 0.341 e. The molecule has 0 bridgehead atoms. The number of thiophene rings is 2. The van der Waals surface area contributed by atoms with Gasteiger partial charge in [-0.05, 0) is 37.1 Å². The number of rotatable bonds is 9. The molecule has 0 atom stereocenters. The van der Waals surface area contributed by atoms with Gasteiger partial charge in [-0.3, -0.25) is 14.2 Å². The number of nitrogens with zero attached hydrogens (tertiary/aromatic N) is 2. The summed E-state index contributed by atoms with van der Waals surface area (Å²) >= 11 is 2.57. The van der Waals surface area contributed by atoms with Gasteiger partial charge in [-0.1, -0.05) is 35.9 Å². The van der Waals surface area contributed by atoms with Crippen molar-refractivity contribution in [1.29, 1.82) is 0 Å². The van der Waals surface area contributed by atoms with Gasteiger partial charge in [-0.2, -0.15) is 0 Å². The number of hydrogen-bond acceptors (Lipinski definition) is 9. The van der Waals surface area contributed by atoms with Crippen molar-refractivity contribution in [3.05, 3.63) is 81.0 Å². The molecule has 9 nitrogen and oxygen atoms in total. The number of aryl methyl sites for hydroxylation is 1. The summed E-state index contributed by atoms with van der Waals surface area (Å²) in [7, 11) is 3.10. The summed E-state index contributed by atoms with van der Waals surface area (Å²) in [5.41, 5.74) is 3.96. The van der Waals surface area contributed by atoms with Crippen LogP contribution in [0.5, 0.6) is 11.5 Å². The minimum absolute atomic E-state index is 0.194. The van der Waals surface area contributed by atoms with E-state index in [-0.39, 0.29) is 24.3 Å². The Balaban J connectivity index is 1.45. The van der Waals surface area contributed by atoms with Gasteiger partial charge in [0.05, 0.1) is 32.5 Å². The fourth-order valence-corrected chi connectivity index (χ4v) is 6.30. The number of fused-ring (bicyclic) bond motifs is 1. The van der Waals surface area contributed by atoms with Crippen molar-refractivity contribution in [2.45, 2.75) is 20.4 Å². The Hall–Kier alpha value is -4.48. The van der Waals surface area contributed by atoms with E-state index in [9.17, 15) is 14.4 Å². The van der Waals surface area contributed by atoms with Crippen LogP contribution in [0.25, 0.3) is 32.5 Å². The maximum atomic E-state index is 13.5. The summed E-state index contributed by atoms with van der Waals surface area (Å²) in [6.07, 6.45) is 1.36. The molecule has 0 fully saturated rings. The van der Waals surface area contributed by atoms with Gasteiger partial charge in [0.25, 0.3) is 5.56 Å². The lowest BCUT2D eigenvalue weighted by Crippen LogP contribution is -2.28. The van der Waals surface area contributed by atoms with Crippen molar-refractivity contribution in [3.63, 3.8) is 0 Å². The van der Waals surface area contributed by atoms with Gasteiger partial charge in [0.2, 0.25) is 5.91 Å².